The highest BCUT2D eigenvalue weighted by Gasteiger charge is 2.12. The Balaban J connectivity index is 1.98. The van der Waals surface area contributed by atoms with E-state index in [4.69, 9.17) is 10.5 Å². The SMILES string of the molecule is COc1ccc(C2=CC(=C3C=CC=C3)N=C(N)N2)cc1. The highest BCUT2D eigenvalue weighted by molar-refractivity contribution is 5.92. The van der Waals surface area contributed by atoms with Crippen molar-refractivity contribution in [1.82, 2.24) is 5.32 Å². The first kappa shape index (κ1) is 12.3. The Kier molecular flexibility index (Phi) is 3.13. The molecule has 1 aromatic rings. The molecule has 3 rings (SSSR count). The van der Waals surface area contributed by atoms with Gasteiger partial charge in [0, 0.05) is 5.57 Å². The number of guanidine groups is 1. The molecular formula is C16H15N3O. The van der Waals surface area contributed by atoms with E-state index in [-0.39, 0.29) is 0 Å². The Morgan fingerprint density at radius 1 is 1.10 bits per heavy atom. The molecule has 4 heteroatoms. The number of ether oxygens (including phenoxy) is 1. The number of hydrogen-bond acceptors (Lipinski definition) is 4. The van der Waals surface area contributed by atoms with E-state index in [0.29, 0.717) is 5.96 Å². The van der Waals surface area contributed by atoms with Gasteiger partial charge in [0.1, 0.15) is 5.75 Å². The van der Waals surface area contributed by atoms with Crippen molar-refractivity contribution in [1.29, 1.82) is 0 Å². The topological polar surface area (TPSA) is 59.6 Å². The fourth-order valence-corrected chi connectivity index (χ4v) is 2.12. The van der Waals surface area contributed by atoms with Gasteiger partial charge in [-0.25, -0.2) is 4.99 Å². The monoisotopic (exact) mass is 265 g/mol. The molecule has 0 amide bonds. The van der Waals surface area contributed by atoms with E-state index < -0.39 is 0 Å². The molecule has 4 nitrogen and oxygen atoms in total. The van der Waals surface area contributed by atoms with Gasteiger partial charge in [-0.15, -0.1) is 0 Å². The number of methoxy groups -OCH3 is 1. The summed E-state index contributed by atoms with van der Waals surface area (Å²) >= 11 is 0. The van der Waals surface area contributed by atoms with Gasteiger partial charge in [0.05, 0.1) is 18.5 Å². The second-order valence-corrected chi connectivity index (χ2v) is 4.47. The molecule has 20 heavy (non-hydrogen) atoms. The second kappa shape index (κ2) is 5.09. The summed E-state index contributed by atoms with van der Waals surface area (Å²) in [5, 5.41) is 3.09. The fourth-order valence-electron chi connectivity index (χ4n) is 2.12. The minimum absolute atomic E-state index is 0.398. The highest BCUT2D eigenvalue weighted by Crippen LogP contribution is 2.24. The zero-order valence-electron chi connectivity index (χ0n) is 11.1. The summed E-state index contributed by atoms with van der Waals surface area (Å²) in [6, 6.07) is 7.81. The third-order valence-corrected chi connectivity index (χ3v) is 3.14. The van der Waals surface area contributed by atoms with Crippen LogP contribution in [-0.4, -0.2) is 13.1 Å². The highest BCUT2D eigenvalue weighted by atomic mass is 16.5. The van der Waals surface area contributed by atoms with Crippen LogP contribution in [0.3, 0.4) is 0 Å². The molecule has 0 atom stereocenters. The van der Waals surface area contributed by atoms with Gasteiger partial charge in [-0.05, 0) is 35.9 Å². The number of nitrogens with two attached hydrogens (primary N) is 1. The molecule has 1 aromatic carbocycles. The number of hydrogen-bond donors (Lipinski definition) is 2. The lowest BCUT2D eigenvalue weighted by atomic mass is 10.1. The molecule has 1 aliphatic carbocycles. The lowest BCUT2D eigenvalue weighted by molar-refractivity contribution is 0.415. The van der Waals surface area contributed by atoms with Crippen LogP contribution in [0.15, 0.2) is 70.9 Å². The van der Waals surface area contributed by atoms with Gasteiger partial charge in [0.15, 0.2) is 5.96 Å². The predicted molar refractivity (Wildman–Crippen MR) is 81.0 cm³/mol. The summed E-state index contributed by atoms with van der Waals surface area (Å²) in [6.07, 6.45) is 9.99. The molecule has 1 heterocycles. The number of rotatable bonds is 2. The van der Waals surface area contributed by atoms with Crippen LogP contribution in [-0.2, 0) is 0 Å². The van der Waals surface area contributed by atoms with Crippen LogP contribution < -0.4 is 15.8 Å². The molecule has 0 saturated carbocycles. The maximum Gasteiger partial charge on any atom is 0.198 e. The Hall–Kier alpha value is -2.75. The Bertz CT molecular complexity index is 662. The first-order valence-corrected chi connectivity index (χ1v) is 6.32. The van der Waals surface area contributed by atoms with E-state index in [1.165, 1.54) is 0 Å². The first-order chi connectivity index (χ1) is 9.76. The third kappa shape index (κ3) is 2.36. The van der Waals surface area contributed by atoms with Crippen LogP contribution in [0.5, 0.6) is 5.75 Å². The molecule has 2 aliphatic rings. The van der Waals surface area contributed by atoms with Gasteiger partial charge >= 0.3 is 0 Å². The van der Waals surface area contributed by atoms with Crippen LogP contribution in [0.2, 0.25) is 0 Å². The second-order valence-electron chi connectivity index (χ2n) is 4.47. The van der Waals surface area contributed by atoms with E-state index in [0.717, 1.165) is 28.3 Å². The molecule has 0 spiro atoms. The van der Waals surface area contributed by atoms with Gasteiger partial charge in [-0.2, -0.15) is 0 Å². The summed E-state index contributed by atoms with van der Waals surface area (Å²) < 4.78 is 5.16. The van der Waals surface area contributed by atoms with Gasteiger partial charge in [0.25, 0.3) is 0 Å². The number of nitrogens with zero attached hydrogens (tertiary/aromatic N) is 1. The maximum absolute atomic E-state index is 5.87. The molecule has 0 unspecified atom stereocenters. The van der Waals surface area contributed by atoms with Crippen LogP contribution in [0.4, 0.5) is 0 Å². The van der Waals surface area contributed by atoms with Crippen molar-refractivity contribution < 1.29 is 4.74 Å². The quantitative estimate of drug-likeness (QED) is 0.862. The minimum Gasteiger partial charge on any atom is -0.497 e. The number of aliphatic imine (C=N–C) groups is 1. The molecule has 0 bridgehead atoms. The predicted octanol–water partition coefficient (Wildman–Crippen LogP) is 2.33. The van der Waals surface area contributed by atoms with Crippen molar-refractivity contribution >= 4 is 11.7 Å². The van der Waals surface area contributed by atoms with E-state index in [1.807, 2.05) is 54.6 Å². The average Bonchev–Trinajstić information content (AvgIpc) is 3.01. The third-order valence-electron chi connectivity index (χ3n) is 3.14. The van der Waals surface area contributed by atoms with E-state index in [1.54, 1.807) is 7.11 Å². The van der Waals surface area contributed by atoms with E-state index >= 15 is 0 Å². The molecule has 100 valence electrons. The van der Waals surface area contributed by atoms with Crippen molar-refractivity contribution in [2.45, 2.75) is 0 Å². The lowest BCUT2D eigenvalue weighted by Crippen LogP contribution is -2.32. The number of allylic oxidation sites excluding steroid dienone is 6. The van der Waals surface area contributed by atoms with Crippen molar-refractivity contribution in [2.75, 3.05) is 7.11 Å². The van der Waals surface area contributed by atoms with Crippen LogP contribution in [0.25, 0.3) is 5.70 Å². The van der Waals surface area contributed by atoms with Gasteiger partial charge < -0.3 is 15.8 Å². The summed E-state index contributed by atoms with van der Waals surface area (Å²) in [5.41, 5.74) is 9.74. The number of benzene rings is 1. The lowest BCUT2D eigenvalue weighted by Gasteiger charge is -2.17. The van der Waals surface area contributed by atoms with Crippen molar-refractivity contribution in [2.24, 2.45) is 10.7 Å². The zero-order valence-corrected chi connectivity index (χ0v) is 11.1. The molecule has 0 fully saturated rings. The fraction of sp³-hybridized carbons (Fsp3) is 0.0625. The van der Waals surface area contributed by atoms with E-state index in [2.05, 4.69) is 10.3 Å². The minimum atomic E-state index is 0.398. The van der Waals surface area contributed by atoms with Crippen LogP contribution in [0, 0.1) is 0 Å². The van der Waals surface area contributed by atoms with Gasteiger partial charge in [-0.3, -0.25) is 0 Å². The zero-order chi connectivity index (χ0) is 13.9. The molecule has 0 radical (unpaired) electrons. The Morgan fingerprint density at radius 3 is 2.45 bits per heavy atom. The largest absolute Gasteiger partial charge is 0.497 e. The summed E-state index contributed by atoms with van der Waals surface area (Å²) in [7, 11) is 1.65. The molecule has 0 saturated heterocycles. The standard InChI is InChI=1S/C16H15N3O/c1-20-13-8-6-12(7-9-13)15-10-14(18-16(17)19-15)11-4-2-3-5-11/h2-10H,1H3,(H3,17,18,19). The average molecular weight is 265 g/mol. The Labute approximate surface area is 117 Å². The van der Waals surface area contributed by atoms with Crippen LogP contribution in [0.1, 0.15) is 5.56 Å². The van der Waals surface area contributed by atoms with Crippen molar-refractivity contribution in [3.05, 3.63) is 71.5 Å². The first-order valence-electron chi connectivity index (χ1n) is 6.32. The molecular weight excluding hydrogens is 250 g/mol. The number of nitrogens with one attached hydrogen (secondary N) is 1. The Morgan fingerprint density at radius 2 is 1.80 bits per heavy atom. The summed E-state index contributed by atoms with van der Waals surface area (Å²) in [6.45, 7) is 0. The van der Waals surface area contributed by atoms with Gasteiger partial charge in [-0.1, -0.05) is 24.3 Å². The smallest absolute Gasteiger partial charge is 0.198 e. The molecule has 1 aliphatic heterocycles. The van der Waals surface area contributed by atoms with Crippen LogP contribution >= 0.6 is 0 Å². The normalized spacial score (nSPS) is 16.9. The van der Waals surface area contributed by atoms with Gasteiger partial charge in [0.2, 0.25) is 0 Å². The summed E-state index contributed by atoms with van der Waals surface area (Å²) in [5.74, 6) is 1.22. The van der Waals surface area contributed by atoms with E-state index in [9.17, 15) is 0 Å². The maximum atomic E-state index is 5.87. The molecule has 0 aromatic heterocycles. The van der Waals surface area contributed by atoms with Crippen molar-refractivity contribution in [3.63, 3.8) is 0 Å². The van der Waals surface area contributed by atoms with Crippen molar-refractivity contribution in [3.8, 4) is 5.75 Å². The molecule has 3 N–H and O–H groups in total. The summed E-state index contributed by atoms with van der Waals surface area (Å²) in [4.78, 5) is 4.33.